The van der Waals surface area contributed by atoms with Crippen LogP contribution in [-0.2, 0) is 4.74 Å². The summed E-state index contributed by atoms with van der Waals surface area (Å²) in [4.78, 5) is 17.7. The van der Waals surface area contributed by atoms with Crippen molar-refractivity contribution in [3.05, 3.63) is 29.3 Å². The fraction of sp³-hybridized carbons (Fsp3) is 0.682. The molecule has 3 rings (SSSR count). The molecule has 1 aromatic carbocycles. The Labute approximate surface area is 164 Å². The van der Waals surface area contributed by atoms with Gasteiger partial charge in [0.1, 0.15) is 0 Å². The number of nitrogens with one attached hydrogen (secondary N) is 1. The summed E-state index contributed by atoms with van der Waals surface area (Å²) in [7, 11) is 0. The van der Waals surface area contributed by atoms with E-state index in [1.54, 1.807) is 0 Å². The van der Waals surface area contributed by atoms with Crippen LogP contribution in [0.1, 0.15) is 49.0 Å². The molecule has 2 heterocycles. The third-order valence-corrected chi connectivity index (χ3v) is 5.92. The number of benzene rings is 1. The molecule has 0 radical (unpaired) electrons. The highest BCUT2D eigenvalue weighted by atomic mass is 16.5. The van der Waals surface area contributed by atoms with Gasteiger partial charge in [-0.05, 0) is 49.8 Å². The number of rotatable bonds is 6. The molecule has 5 heteroatoms. The molecule has 2 saturated heterocycles. The van der Waals surface area contributed by atoms with E-state index >= 15 is 0 Å². The minimum Gasteiger partial charge on any atom is -0.379 e. The minimum atomic E-state index is 0.0344. The third kappa shape index (κ3) is 5.23. The monoisotopic (exact) mass is 373 g/mol. The SMILES string of the molecule is Cc1ccc(C(=O)NC[C@H](C(C)C)N2CCOCC2)cc1N1CCCCC1. The highest BCUT2D eigenvalue weighted by Crippen LogP contribution is 2.25. The molecule has 0 spiro atoms. The Bertz CT molecular complexity index is 620. The molecular formula is C22H35N3O2. The fourth-order valence-electron chi connectivity index (χ4n) is 4.22. The first kappa shape index (κ1) is 20.2. The summed E-state index contributed by atoms with van der Waals surface area (Å²) in [6.45, 7) is 12.9. The lowest BCUT2D eigenvalue weighted by atomic mass is 10.0. The maximum absolute atomic E-state index is 12.8. The van der Waals surface area contributed by atoms with Crippen LogP contribution in [0.25, 0.3) is 0 Å². The van der Waals surface area contributed by atoms with Gasteiger partial charge >= 0.3 is 0 Å². The average molecular weight is 374 g/mol. The van der Waals surface area contributed by atoms with Crippen molar-refractivity contribution in [2.24, 2.45) is 5.92 Å². The van der Waals surface area contributed by atoms with Gasteiger partial charge in [-0.25, -0.2) is 0 Å². The van der Waals surface area contributed by atoms with Crippen LogP contribution in [0.5, 0.6) is 0 Å². The second kappa shape index (κ2) is 9.56. The van der Waals surface area contributed by atoms with E-state index in [4.69, 9.17) is 4.74 Å². The van der Waals surface area contributed by atoms with Crippen LogP contribution < -0.4 is 10.2 Å². The Morgan fingerprint density at radius 2 is 1.81 bits per heavy atom. The van der Waals surface area contributed by atoms with Gasteiger partial charge in [-0.15, -0.1) is 0 Å². The summed E-state index contributed by atoms with van der Waals surface area (Å²) in [5, 5.41) is 3.19. The molecule has 0 unspecified atom stereocenters. The first-order valence-corrected chi connectivity index (χ1v) is 10.5. The maximum atomic E-state index is 12.8. The number of aryl methyl sites for hydroxylation is 1. The van der Waals surface area contributed by atoms with Crippen molar-refractivity contribution in [2.45, 2.75) is 46.1 Å². The highest BCUT2D eigenvalue weighted by Gasteiger charge is 2.24. The van der Waals surface area contributed by atoms with Crippen molar-refractivity contribution in [1.82, 2.24) is 10.2 Å². The van der Waals surface area contributed by atoms with E-state index in [9.17, 15) is 4.79 Å². The lowest BCUT2D eigenvalue weighted by Gasteiger charge is -2.37. The van der Waals surface area contributed by atoms with Crippen molar-refractivity contribution in [3.8, 4) is 0 Å². The number of hydrogen-bond donors (Lipinski definition) is 1. The molecule has 1 atom stereocenters. The zero-order chi connectivity index (χ0) is 19.2. The molecule has 1 aromatic rings. The van der Waals surface area contributed by atoms with Crippen molar-refractivity contribution < 1.29 is 9.53 Å². The topological polar surface area (TPSA) is 44.8 Å². The second-order valence-electron chi connectivity index (χ2n) is 8.22. The van der Waals surface area contributed by atoms with E-state index in [0.29, 0.717) is 18.5 Å². The summed E-state index contributed by atoms with van der Waals surface area (Å²) in [6, 6.07) is 6.47. The van der Waals surface area contributed by atoms with Crippen molar-refractivity contribution >= 4 is 11.6 Å². The van der Waals surface area contributed by atoms with Gasteiger partial charge in [0.15, 0.2) is 0 Å². The number of hydrogen-bond acceptors (Lipinski definition) is 4. The van der Waals surface area contributed by atoms with Gasteiger partial charge in [0.2, 0.25) is 0 Å². The summed E-state index contributed by atoms with van der Waals surface area (Å²) in [6.07, 6.45) is 3.80. The van der Waals surface area contributed by atoms with Crippen LogP contribution in [0.3, 0.4) is 0 Å². The lowest BCUT2D eigenvalue weighted by Crippen LogP contribution is -2.51. The van der Waals surface area contributed by atoms with Crippen LogP contribution in [0.4, 0.5) is 5.69 Å². The number of carbonyl (C=O) groups is 1. The van der Waals surface area contributed by atoms with E-state index in [1.165, 1.54) is 30.5 Å². The van der Waals surface area contributed by atoms with Crippen molar-refractivity contribution in [3.63, 3.8) is 0 Å². The predicted molar refractivity (Wildman–Crippen MR) is 111 cm³/mol. The predicted octanol–water partition coefficient (Wildman–Crippen LogP) is 3.07. The normalized spacial score (nSPS) is 19.9. The van der Waals surface area contributed by atoms with E-state index < -0.39 is 0 Å². The quantitative estimate of drug-likeness (QED) is 0.832. The third-order valence-electron chi connectivity index (χ3n) is 5.92. The lowest BCUT2D eigenvalue weighted by molar-refractivity contribution is 0.00673. The number of ether oxygens (including phenoxy) is 1. The Morgan fingerprint density at radius 1 is 1.11 bits per heavy atom. The maximum Gasteiger partial charge on any atom is 0.251 e. The Kier molecular flexibility index (Phi) is 7.13. The first-order valence-electron chi connectivity index (χ1n) is 10.5. The number of anilines is 1. The summed E-state index contributed by atoms with van der Waals surface area (Å²) >= 11 is 0. The Hall–Kier alpha value is -1.59. The highest BCUT2D eigenvalue weighted by molar-refractivity contribution is 5.95. The molecule has 2 aliphatic rings. The van der Waals surface area contributed by atoms with E-state index in [-0.39, 0.29) is 5.91 Å². The number of morpholine rings is 1. The van der Waals surface area contributed by atoms with Crippen LogP contribution >= 0.6 is 0 Å². The molecule has 1 amide bonds. The van der Waals surface area contributed by atoms with Crippen LogP contribution in [0.2, 0.25) is 0 Å². The Morgan fingerprint density at radius 3 is 2.48 bits per heavy atom. The summed E-state index contributed by atoms with van der Waals surface area (Å²) in [5.74, 6) is 0.525. The molecule has 0 bridgehead atoms. The zero-order valence-corrected chi connectivity index (χ0v) is 17.2. The van der Waals surface area contributed by atoms with Crippen LogP contribution in [-0.4, -0.2) is 62.8 Å². The number of carbonyl (C=O) groups excluding carboxylic acids is 1. The Balaban J connectivity index is 1.64. The molecule has 1 N–H and O–H groups in total. The molecule has 27 heavy (non-hydrogen) atoms. The smallest absolute Gasteiger partial charge is 0.251 e. The molecule has 0 saturated carbocycles. The van der Waals surface area contributed by atoms with Crippen LogP contribution in [0.15, 0.2) is 18.2 Å². The zero-order valence-electron chi connectivity index (χ0n) is 17.2. The van der Waals surface area contributed by atoms with E-state index in [0.717, 1.165) is 45.0 Å². The van der Waals surface area contributed by atoms with E-state index in [2.05, 4.69) is 48.0 Å². The average Bonchev–Trinajstić information content (AvgIpc) is 2.69. The molecule has 2 fully saturated rings. The van der Waals surface area contributed by atoms with E-state index in [1.807, 2.05) is 6.07 Å². The molecular weight excluding hydrogens is 338 g/mol. The van der Waals surface area contributed by atoms with Gasteiger partial charge in [0.25, 0.3) is 5.91 Å². The van der Waals surface area contributed by atoms with Gasteiger partial charge in [-0.3, -0.25) is 9.69 Å². The van der Waals surface area contributed by atoms with Crippen LogP contribution in [0, 0.1) is 12.8 Å². The molecule has 5 nitrogen and oxygen atoms in total. The molecule has 150 valence electrons. The second-order valence-corrected chi connectivity index (χ2v) is 8.22. The van der Waals surface area contributed by atoms with Gasteiger partial charge in [-0.2, -0.15) is 0 Å². The van der Waals surface area contributed by atoms with Gasteiger partial charge in [0.05, 0.1) is 13.2 Å². The summed E-state index contributed by atoms with van der Waals surface area (Å²) < 4.78 is 5.47. The first-order chi connectivity index (χ1) is 13.1. The fourth-order valence-corrected chi connectivity index (χ4v) is 4.22. The van der Waals surface area contributed by atoms with Gasteiger partial charge < -0.3 is 15.0 Å². The summed E-state index contributed by atoms with van der Waals surface area (Å²) in [5.41, 5.74) is 3.24. The van der Waals surface area contributed by atoms with Gasteiger partial charge in [0, 0.05) is 50.0 Å². The number of amides is 1. The largest absolute Gasteiger partial charge is 0.379 e. The van der Waals surface area contributed by atoms with Crippen molar-refractivity contribution in [1.29, 1.82) is 0 Å². The number of nitrogens with zero attached hydrogens (tertiary/aromatic N) is 2. The molecule has 0 aromatic heterocycles. The molecule has 0 aliphatic carbocycles. The van der Waals surface area contributed by atoms with Gasteiger partial charge in [-0.1, -0.05) is 19.9 Å². The standard InChI is InChI=1S/C22H35N3O2/c1-17(2)21(25-11-13-27-14-12-25)16-23-22(26)19-8-7-18(3)20(15-19)24-9-5-4-6-10-24/h7-8,15,17,21H,4-6,9-14,16H2,1-3H3,(H,23,26)/t21-/m1/s1. The minimum absolute atomic E-state index is 0.0344. The van der Waals surface area contributed by atoms with Crippen molar-refractivity contribution in [2.75, 3.05) is 50.8 Å². The molecule has 2 aliphatic heterocycles. The number of piperidine rings is 1.